The highest BCUT2D eigenvalue weighted by Crippen LogP contribution is 2.17. The number of guanidine groups is 1. The van der Waals surface area contributed by atoms with Gasteiger partial charge in [0, 0.05) is 19.6 Å². The first-order valence-corrected chi connectivity index (χ1v) is 6.78. The van der Waals surface area contributed by atoms with E-state index in [9.17, 15) is 0 Å². The zero-order valence-corrected chi connectivity index (χ0v) is 14.1. The van der Waals surface area contributed by atoms with Gasteiger partial charge in [0.05, 0.1) is 11.6 Å². The molecule has 20 heavy (non-hydrogen) atoms. The smallest absolute Gasteiger partial charge is 0.191 e. The number of hydrogen-bond acceptors (Lipinski definition) is 2. The lowest BCUT2D eigenvalue weighted by molar-refractivity contribution is 0.613. The average Bonchev–Trinajstić information content (AvgIpc) is 2.96. The molecular formula is C15H21IN4. The van der Waals surface area contributed by atoms with E-state index in [1.807, 2.05) is 24.3 Å². The molecule has 0 spiro atoms. The first kappa shape index (κ1) is 16.8. The summed E-state index contributed by atoms with van der Waals surface area (Å²) < 4.78 is 0. The molecule has 108 valence electrons. The normalized spacial score (nSPS) is 15.3. The van der Waals surface area contributed by atoms with Gasteiger partial charge in [-0.15, -0.1) is 24.0 Å². The molecule has 0 atom stereocenters. The van der Waals surface area contributed by atoms with Gasteiger partial charge < -0.3 is 10.6 Å². The van der Waals surface area contributed by atoms with Crippen LogP contribution in [-0.2, 0) is 6.54 Å². The Bertz CT molecular complexity index is 487. The molecule has 0 radical (unpaired) electrons. The molecule has 2 rings (SSSR count). The van der Waals surface area contributed by atoms with Crippen molar-refractivity contribution in [3.8, 4) is 6.07 Å². The molecule has 4 nitrogen and oxygen atoms in total. The monoisotopic (exact) mass is 384 g/mol. The molecule has 1 fully saturated rings. The van der Waals surface area contributed by atoms with Crippen molar-refractivity contribution in [1.29, 1.82) is 5.26 Å². The zero-order valence-electron chi connectivity index (χ0n) is 11.7. The van der Waals surface area contributed by atoms with Crippen LogP contribution in [0.3, 0.4) is 0 Å². The number of rotatable bonds is 3. The van der Waals surface area contributed by atoms with E-state index in [2.05, 4.69) is 21.7 Å². The Kier molecular flexibility index (Phi) is 7.37. The van der Waals surface area contributed by atoms with E-state index in [0.29, 0.717) is 18.2 Å². The molecule has 2 N–H and O–H groups in total. The van der Waals surface area contributed by atoms with Gasteiger partial charge in [0.2, 0.25) is 0 Å². The second kappa shape index (κ2) is 8.80. The molecule has 0 heterocycles. The molecule has 1 saturated carbocycles. The van der Waals surface area contributed by atoms with Crippen molar-refractivity contribution in [1.82, 2.24) is 10.6 Å². The van der Waals surface area contributed by atoms with Gasteiger partial charge >= 0.3 is 0 Å². The molecule has 0 unspecified atom stereocenters. The van der Waals surface area contributed by atoms with Crippen LogP contribution in [0.2, 0.25) is 0 Å². The van der Waals surface area contributed by atoms with Gasteiger partial charge in [0.25, 0.3) is 0 Å². The van der Waals surface area contributed by atoms with Crippen molar-refractivity contribution in [3.63, 3.8) is 0 Å². The maximum Gasteiger partial charge on any atom is 0.191 e. The van der Waals surface area contributed by atoms with Gasteiger partial charge in [-0.05, 0) is 30.5 Å². The third kappa shape index (κ3) is 5.00. The number of aliphatic imine (C=N–C) groups is 1. The van der Waals surface area contributed by atoms with E-state index in [-0.39, 0.29) is 24.0 Å². The summed E-state index contributed by atoms with van der Waals surface area (Å²) >= 11 is 0. The first-order valence-electron chi connectivity index (χ1n) is 6.78. The largest absolute Gasteiger partial charge is 0.354 e. The SMILES string of the molecule is CN=C(NCc1cccc(C#N)c1)NC1CCCC1.I. The Balaban J connectivity index is 0.00000200. The molecule has 0 aromatic heterocycles. The predicted octanol–water partition coefficient (Wildman–Crippen LogP) is 2.78. The zero-order chi connectivity index (χ0) is 13.5. The Hall–Kier alpha value is -1.29. The third-order valence-corrected chi connectivity index (χ3v) is 3.44. The summed E-state index contributed by atoms with van der Waals surface area (Å²) in [5.74, 6) is 0.842. The van der Waals surface area contributed by atoms with Crippen molar-refractivity contribution in [2.45, 2.75) is 38.3 Å². The predicted molar refractivity (Wildman–Crippen MR) is 92.2 cm³/mol. The van der Waals surface area contributed by atoms with Crippen LogP contribution in [-0.4, -0.2) is 19.0 Å². The van der Waals surface area contributed by atoms with Crippen LogP contribution in [0.4, 0.5) is 0 Å². The summed E-state index contributed by atoms with van der Waals surface area (Å²) in [6, 6.07) is 10.3. The van der Waals surface area contributed by atoms with Crippen LogP contribution in [0.5, 0.6) is 0 Å². The Morgan fingerprint density at radius 2 is 2.15 bits per heavy atom. The number of nitrogens with one attached hydrogen (secondary N) is 2. The van der Waals surface area contributed by atoms with Crippen molar-refractivity contribution >= 4 is 29.9 Å². The number of nitriles is 1. The molecule has 1 aromatic rings. The number of benzene rings is 1. The molecule has 1 aromatic carbocycles. The Morgan fingerprint density at radius 1 is 1.40 bits per heavy atom. The lowest BCUT2D eigenvalue weighted by Crippen LogP contribution is -2.41. The van der Waals surface area contributed by atoms with Gasteiger partial charge in [0.1, 0.15) is 0 Å². The van der Waals surface area contributed by atoms with Crippen LogP contribution in [0, 0.1) is 11.3 Å². The summed E-state index contributed by atoms with van der Waals surface area (Å²) in [5.41, 5.74) is 1.78. The van der Waals surface area contributed by atoms with Gasteiger partial charge in [-0.3, -0.25) is 4.99 Å². The van der Waals surface area contributed by atoms with Gasteiger partial charge in [-0.2, -0.15) is 5.26 Å². The van der Waals surface area contributed by atoms with Crippen molar-refractivity contribution in [2.24, 2.45) is 4.99 Å². The van der Waals surface area contributed by atoms with Gasteiger partial charge in [-0.25, -0.2) is 0 Å². The molecular weight excluding hydrogens is 363 g/mol. The fourth-order valence-electron chi connectivity index (χ4n) is 2.39. The molecule has 1 aliphatic carbocycles. The van der Waals surface area contributed by atoms with Crippen LogP contribution in [0.15, 0.2) is 29.3 Å². The van der Waals surface area contributed by atoms with Crippen molar-refractivity contribution in [2.75, 3.05) is 7.05 Å². The summed E-state index contributed by atoms with van der Waals surface area (Å²) in [6.07, 6.45) is 5.06. The van der Waals surface area contributed by atoms with Gasteiger partial charge in [-0.1, -0.05) is 25.0 Å². The molecule has 0 aliphatic heterocycles. The first-order chi connectivity index (χ1) is 9.31. The molecule has 5 heteroatoms. The third-order valence-electron chi connectivity index (χ3n) is 3.44. The Morgan fingerprint density at radius 3 is 2.80 bits per heavy atom. The summed E-state index contributed by atoms with van der Waals surface area (Å²) in [7, 11) is 1.79. The summed E-state index contributed by atoms with van der Waals surface area (Å²) in [5, 5.41) is 15.6. The highest BCUT2D eigenvalue weighted by molar-refractivity contribution is 14.0. The fraction of sp³-hybridized carbons (Fsp3) is 0.467. The summed E-state index contributed by atoms with van der Waals surface area (Å²) in [4.78, 5) is 4.24. The van der Waals surface area contributed by atoms with Crippen LogP contribution in [0.1, 0.15) is 36.8 Å². The lowest BCUT2D eigenvalue weighted by atomic mass is 10.1. The number of hydrogen-bond donors (Lipinski definition) is 2. The number of halogens is 1. The van der Waals surface area contributed by atoms with Gasteiger partial charge in [0.15, 0.2) is 5.96 Å². The maximum absolute atomic E-state index is 8.87. The van der Waals surface area contributed by atoms with E-state index >= 15 is 0 Å². The van der Waals surface area contributed by atoms with E-state index in [4.69, 9.17) is 5.26 Å². The highest BCUT2D eigenvalue weighted by Gasteiger charge is 2.15. The molecule has 0 bridgehead atoms. The maximum atomic E-state index is 8.87. The van der Waals surface area contributed by atoms with E-state index in [1.165, 1.54) is 25.7 Å². The van der Waals surface area contributed by atoms with Crippen LogP contribution >= 0.6 is 24.0 Å². The van der Waals surface area contributed by atoms with E-state index in [1.54, 1.807) is 7.05 Å². The fourth-order valence-corrected chi connectivity index (χ4v) is 2.39. The minimum absolute atomic E-state index is 0. The number of nitrogens with zero attached hydrogens (tertiary/aromatic N) is 2. The molecule has 0 amide bonds. The summed E-state index contributed by atoms with van der Waals surface area (Å²) in [6.45, 7) is 0.682. The van der Waals surface area contributed by atoms with Crippen molar-refractivity contribution in [3.05, 3.63) is 35.4 Å². The minimum atomic E-state index is 0. The second-order valence-electron chi connectivity index (χ2n) is 4.86. The molecule has 1 aliphatic rings. The lowest BCUT2D eigenvalue weighted by Gasteiger charge is -2.16. The van der Waals surface area contributed by atoms with Crippen LogP contribution < -0.4 is 10.6 Å². The van der Waals surface area contributed by atoms with E-state index in [0.717, 1.165) is 11.5 Å². The molecule has 0 saturated heterocycles. The average molecular weight is 384 g/mol. The van der Waals surface area contributed by atoms with Crippen molar-refractivity contribution < 1.29 is 0 Å². The highest BCUT2D eigenvalue weighted by atomic mass is 127. The second-order valence-corrected chi connectivity index (χ2v) is 4.86. The minimum Gasteiger partial charge on any atom is -0.354 e. The standard InChI is InChI=1S/C15H20N4.HI/c1-17-15(19-14-7-2-3-8-14)18-11-13-6-4-5-12(9-13)10-16;/h4-6,9,14H,2-3,7-8,11H2,1H3,(H2,17,18,19);1H. The quantitative estimate of drug-likeness (QED) is 0.479. The van der Waals surface area contributed by atoms with E-state index < -0.39 is 0 Å². The Labute approximate surface area is 137 Å². The topological polar surface area (TPSA) is 60.2 Å². The van der Waals surface area contributed by atoms with Crippen LogP contribution in [0.25, 0.3) is 0 Å².